The van der Waals surface area contributed by atoms with Crippen molar-refractivity contribution in [2.75, 3.05) is 6.54 Å². The molecule has 1 aromatic heterocycles. The van der Waals surface area contributed by atoms with E-state index in [0.29, 0.717) is 28.4 Å². The van der Waals surface area contributed by atoms with Gasteiger partial charge in [0.05, 0.1) is 10.0 Å². The summed E-state index contributed by atoms with van der Waals surface area (Å²) in [4.78, 5) is 3.96. The number of halogens is 2. The van der Waals surface area contributed by atoms with Crippen LogP contribution < -0.4 is 5.73 Å². The Kier molecular flexibility index (Phi) is 2.70. The van der Waals surface area contributed by atoms with Crippen molar-refractivity contribution in [3.05, 3.63) is 28.0 Å². The SMILES string of the molecule is CC1(C)[C@@H](CN)[C@@H]1c1c(Cl)cncc1Cl. The molecule has 1 aliphatic carbocycles. The Morgan fingerprint density at radius 2 is 1.87 bits per heavy atom. The molecule has 0 aromatic carbocycles. The number of pyridine rings is 1. The van der Waals surface area contributed by atoms with Gasteiger partial charge in [-0.15, -0.1) is 0 Å². The van der Waals surface area contributed by atoms with Crippen molar-refractivity contribution in [2.24, 2.45) is 17.1 Å². The van der Waals surface area contributed by atoms with Crippen LogP contribution in [0.4, 0.5) is 0 Å². The molecule has 0 bridgehead atoms. The van der Waals surface area contributed by atoms with E-state index in [1.165, 1.54) is 0 Å². The quantitative estimate of drug-likeness (QED) is 0.869. The molecular formula is C11H14Cl2N2. The van der Waals surface area contributed by atoms with E-state index in [9.17, 15) is 0 Å². The summed E-state index contributed by atoms with van der Waals surface area (Å²) in [5.41, 5.74) is 6.94. The molecule has 0 spiro atoms. The predicted molar refractivity (Wildman–Crippen MR) is 63.3 cm³/mol. The van der Waals surface area contributed by atoms with Gasteiger partial charge in [0, 0.05) is 12.4 Å². The molecule has 0 aliphatic heterocycles. The highest BCUT2D eigenvalue weighted by Gasteiger charge is 2.58. The minimum Gasteiger partial charge on any atom is -0.330 e. The minimum absolute atomic E-state index is 0.198. The van der Waals surface area contributed by atoms with Crippen molar-refractivity contribution >= 4 is 23.2 Å². The number of aromatic nitrogens is 1. The first-order valence-corrected chi connectivity index (χ1v) is 5.74. The zero-order valence-corrected chi connectivity index (χ0v) is 10.3. The van der Waals surface area contributed by atoms with Crippen LogP contribution in [0.15, 0.2) is 12.4 Å². The summed E-state index contributed by atoms with van der Waals surface area (Å²) < 4.78 is 0. The molecule has 2 atom stereocenters. The van der Waals surface area contributed by atoms with Crippen LogP contribution in [0.3, 0.4) is 0 Å². The van der Waals surface area contributed by atoms with Crippen molar-refractivity contribution in [2.45, 2.75) is 19.8 Å². The fraction of sp³-hybridized carbons (Fsp3) is 0.545. The first-order valence-electron chi connectivity index (χ1n) is 4.99. The molecular weight excluding hydrogens is 231 g/mol. The first kappa shape index (κ1) is 11.2. The molecule has 0 amide bonds. The molecule has 2 rings (SSSR count). The van der Waals surface area contributed by atoms with Crippen LogP contribution in [-0.2, 0) is 0 Å². The second-order valence-electron chi connectivity index (χ2n) is 4.66. The number of hydrogen-bond acceptors (Lipinski definition) is 2. The third-order valence-electron chi connectivity index (χ3n) is 3.51. The van der Waals surface area contributed by atoms with Gasteiger partial charge in [0.15, 0.2) is 0 Å². The van der Waals surface area contributed by atoms with Gasteiger partial charge in [-0.3, -0.25) is 4.98 Å². The molecule has 1 heterocycles. The topological polar surface area (TPSA) is 38.9 Å². The summed E-state index contributed by atoms with van der Waals surface area (Å²) in [6.07, 6.45) is 3.29. The molecule has 1 fully saturated rings. The van der Waals surface area contributed by atoms with Gasteiger partial charge >= 0.3 is 0 Å². The molecule has 0 radical (unpaired) electrons. The monoisotopic (exact) mass is 244 g/mol. The fourth-order valence-electron chi connectivity index (χ4n) is 2.48. The lowest BCUT2D eigenvalue weighted by molar-refractivity contribution is 0.558. The maximum atomic E-state index is 6.13. The predicted octanol–water partition coefficient (Wildman–Crippen LogP) is 3.09. The van der Waals surface area contributed by atoms with E-state index >= 15 is 0 Å². The van der Waals surface area contributed by atoms with Crippen LogP contribution in [0.2, 0.25) is 10.0 Å². The van der Waals surface area contributed by atoms with Gasteiger partial charge < -0.3 is 5.73 Å². The van der Waals surface area contributed by atoms with E-state index in [-0.39, 0.29) is 5.41 Å². The number of hydrogen-bond donors (Lipinski definition) is 1. The standard InChI is InChI=1S/C11H14Cl2N2/c1-11(2)6(3-14)10(11)9-7(12)4-15-5-8(9)13/h4-6,10H,3,14H2,1-2H3/t6-,10+/m0/s1. The Bertz CT molecular complexity index is 370. The van der Waals surface area contributed by atoms with E-state index in [2.05, 4.69) is 18.8 Å². The zero-order chi connectivity index (χ0) is 11.2. The van der Waals surface area contributed by atoms with E-state index in [1.807, 2.05) is 0 Å². The van der Waals surface area contributed by atoms with Crippen molar-refractivity contribution < 1.29 is 0 Å². The van der Waals surface area contributed by atoms with Crippen LogP contribution in [0.5, 0.6) is 0 Å². The van der Waals surface area contributed by atoms with Crippen molar-refractivity contribution in [1.29, 1.82) is 0 Å². The second kappa shape index (κ2) is 3.62. The highest BCUT2D eigenvalue weighted by Crippen LogP contribution is 2.65. The summed E-state index contributed by atoms with van der Waals surface area (Å²) >= 11 is 12.3. The molecule has 2 nitrogen and oxygen atoms in total. The largest absolute Gasteiger partial charge is 0.330 e. The number of rotatable bonds is 2. The Morgan fingerprint density at radius 3 is 2.27 bits per heavy atom. The normalized spacial score (nSPS) is 27.8. The van der Waals surface area contributed by atoms with Gasteiger partial charge in [0.2, 0.25) is 0 Å². The maximum Gasteiger partial charge on any atom is 0.0639 e. The molecule has 1 aromatic rings. The molecule has 0 saturated heterocycles. The Hall–Kier alpha value is -0.310. The summed E-state index contributed by atoms with van der Waals surface area (Å²) in [7, 11) is 0. The summed E-state index contributed by atoms with van der Waals surface area (Å²) in [6, 6.07) is 0. The van der Waals surface area contributed by atoms with Gasteiger partial charge in [0.25, 0.3) is 0 Å². The Morgan fingerprint density at radius 1 is 1.33 bits per heavy atom. The average Bonchev–Trinajstić information content (AvgIpc) is 2.68. The number of nitrogens with zero attached hydrogens (tertiary/aromatic N) is 1. The Labute approximate surface area is 99.8 Å². The third kappa shape index (κ3) is 1.65. The van der Waals surface area contributed by atoms with Crippen LogP contribution >= 0.6 is 23.2 Å². The van der Waals surface area contributed by atoms with E-state index in [4.69, 9.17) is 28.9 Å². The van der Waals surface area contributed by atoms with Gasteiger partial charge in [-0.1, -0.05) is 37.0 Å². The maximum absolute atomic E-state index is 6.13. The molecule has 15 heavy (non-hydrogen) atoms. The lowest BCUT2D eigenvalue weighted by Gasteiger charge is -2.07. The summed E-state index contributed by atoms with van der Waals surface area (Å²) in [5.74, 6) is 0.834. The lowest BCUT2D eigenvalue weighted by Crippen LogP contribution is -2.05. The fourth-order valence-corrected chi connectivity index (χ4v) is 3.08. The lowest BCUT2D eigenvalue weighted by atomic mass is 10.0. The Balaban J connectivity index is 2.41. The average molecular weight is 245 g/mol. The van der Waals surface area contributed by atoms with Crippen molar-refractivity contribution in [3.63, 3.8) is 0 Å². The summed E-state index contributed by atoms with van der Waals surface area (Å²) in [5, 5.41) is 1.30. The van der Waals surface area contributed by atoms with Crippen LogP contribution in [-0.4, -0.2) is 11.5 Å². The highest BCUT2D eigenvalue weighted by atomic mass is 35.5. The van der Waals surface area contributed by atoms with E-state index in [1.54, 1.807) is 12.4 Å². The molecule has 1 aliphatic rings. The minimum atomic E-state index is 0.198. The second-order valence-corrected chi connectivity index (χ2v) is 5.47. The number of nitrogens with two attached hydrogens (primary N) is 1. The van der Waals surface area contributed by atoms with Crippen molar-refractivity contribution in [1.82, 2.24) is 4.98 Å². The molecule has 0 unspecified atom stereocenters. The summed E-state index contributed by atoms with van der Waals surface area (Å²) in [6.45, 7) is 5.07. The molecule has 2 N–H and O–H groups in total. The van der Waals surface area contributed by atoms with Crippen LogP contribution in [0.1, 0.15) is 25.3 Å². The first-order chi connectivity index (χ1) is 7.00. The molecule has 1 saturated carbocycles. The smallest absolute Gasteiger partial charge is 0.0639 e. The highest BCUT2D eigenvalue weighted by molar-refractivity contribution is 6.36. The van der Waals surface area contributed by atoms with Gasteiger partial charge in [-0.2, -0.15) is 0 Å². The zero-order valence-electron chi connectivity index (χ0n) is 8.80. The van der Waals surface area contributed by atoms with E-state index < -0.39 is 0 Å². The molecule has 82 valence electrons. The third-order valence-corrected chi connectivity index (χ3v) is 4.11. The van der Waals surface area contributed by atoms with Gasteiger partial charge in [-0.05, 0) is 29.4 Å². The van der Waals surface area contributed by atoms with E-state index in [0.717, 1.165) is 5.56 Å². The van der Waals surface area contributed by atoms with Gasteiger partial charge in [-0.25, -0.2) is 0 Å². The van der Waals surface area contributed by atoms with Crippen LogP contribution in [0, 0.1) is 11.3 Å². The van der Waals surface area contributed by atoms with Crippen LogP contribution in [0.25, 0.3) is 0 Å². The molecule has 4 heteroatoms. The van der Waals surface area contributed by atoms with Gasteiger partial charge in [0.1, 0.15) is 0 Å². The van der Waals surface area contributed by atoms with Crippen molar-refractivity contribution in [3.8, 4) is 0 Å².